The van der Waals surface area contributed by atoms with Gasteiger partial charge in [-0.1, -0.05) is 54.1 Å². The molecule has 9 heteroatoms. The predicted molar refractivity (Wildman–Crippen MR) is 135 cm³/mol. The van der Waals surface area contributed by atoms with E-state index in [1.165, 1.54) is 6.26 Å². The van der Waals surface area contributed by atoms with Crippen molar-refractivity contribution in [3.63, 3.8) is 0 Å². The molecule has 0 atom stereocenters. The lowest BCUT2D eigenvalue weighted by molar-refractivity contribution is 0.0923. The van der Waals surface area contributed by atoms with E-state index in [0.717, 1.165) is 32.7 Å². The summed E-state index contributed by atoms with van der Waals surface area (Å²) in [5.41, 5.74) is 4.32. The number of amides is 1. The largest absolute Gasteiger partial charge is 0.459 e. The first-order chi connectivity index (χ1) is 16.6. The number of rotatable bonds is 7. The summed E-state index contributed by atoms with van der Waals surface area (Å²) in [6.45, 7) is 0.953. The number of fused-ring (bicyclic) bond motifs is 1. The lowest BCUT2D eigenvalue weighted by Crippen LogP contribution is -2.22. The van der Waals surface area contributed by atoms with Gasteiger partial charge in [-0.15, -0.1) is 0 Å². The molecule has 0 aliphatic rings. The quantitative estimate of drug-likeness (QED) is 0.269. The molecule has 3 aromatic heterocycles. The number of furan rings is 1. The van der Waals surface area contributed by atoms with Crippen LogP contribution >= 0.6 is 27.5 Å². The number of carbonyl (C=O) groups is 1. The summed E-state index contributed by atoms with van der Waals surface area (Å²) >= 11 is 9.95. The van der Waals surface area contributed by atoms with Crippen LogP contribution in [0.25, 0.3) is 16.9 Å². The van der Waals surface area contributed by atoms with Crippen molar-refractivity contribution in [1.29, 1.82) is 0 Å². The first-order valence-corrected chi connectivity index (χ1v) is 11.7. The summed E-state index contributed by atoms with van der Waals surface area (Å²) in [4.78, 5) is 16.9. The van der Waals surface area contributed by atoms with Crippen LogP contribution in [0, 0.1) is 0 Å². The molecule has 0 aliphatic heterocycles. The number of nitrogens with one attached hydrogen (secondary N) is 2. The van der Waals surface area contributed by atoms with Crippen molar-refractivity contribution in [3.05, 3.63) is 106 Å². The van der Waals surface area contributed by atoms with Gasteiger partial charge >= 0.3 is 0 Å². The second kappa shape index (κ2) is 9.70. The number of nitrogens with zero attached hydrogens (tertiary/aromatic N) is 3. The van der Waals surface area contributed by atoms with Crippen LogP contribution in [0.2, 0.25) is 5.02 Å². The number of benzene rings is 2. The molecule has 0 radical (unpaired) electrons. The van der Waals surface area contributed by atoms with Crippen molar-refractivity contribution in [1.82, 2.24) is 19.9 Å². The molecule has 0 fully saturated rings. The van der Waals surface area contributed by atoms with E-state index in [9.17, 15) is 4.79 Å². The van der Waals surface area contributed by atoms with Crippen molar-refractivity contribution < 1.29 is 9.21 Å². The Balaban J connectivity index is 1.35. The Kier molecular flexibility index (Phi) is 6.33. The number of halogens is 2. The maximum atomic E-state index is 12.1. The third-order valence-corrected chi connectivity index (χ3v) is 6.13. The van der Waals surface area contributed by atoms with Crippen LogP contribution in [0.1, 0.15) is 21.7 Å². The molecular formula is C25H19BrClN5O2. The molecule has 5 aromatic rings. The maximum absolute atomic E-state index is 12.1. The van der Waals surface area contributed by atoms with Crippen molar-refractivity contribution in [2.75, 3.05) is 5.32 Å². The smallest absolute Gasteiger partial charge is 0.287 e. The van der Waals surface area contributed by atoms with Crippen LogP contribution in [-0.2, 0) is 13.1 Å². The Hall–Kier alpha value is -3.62. The second-order valence-electron chi connectivity index (χ2n) is 7.57. The molecule has 5 rings (SSSR count). The third kappa shape index (κ3) is 4.69. The minimum atomic E-state index is -0.246. The Morgan fingerprint density at radius 1 is 1.03 bits per heavy atom. The van der Waals surface area contributed by atoms with Gasteiger partial charge in [0.2, 0.25) is 0 Å². The van der Waals surface area contributed by atoms with Gasteiger partial charge in [-0.05, 0) is 45.3 Å². The van der Waals surface area contributed by atoms with Gasteiger partial charge in [-0.25, -0.2) is 4.98 Å². The first kappa shape index (κ1) is 22.2. The molecule has 0 unspecified atom stereocenters. The molecule has 2 N–H and O–H groups in total. The van der Waals surface area contributed by atoms with E-state index in [1.807, 2.05) is 54.6 Å². The minimum Gasteiger partial charge on any atom is -0.459 e. The Morgan fingerprint density at radius 2 is 1.85 bits per heavy atom. The molecule has 34 heavy (non-hydrogen) atoms. The molecule has 0 aliphatic carbocycles. The fourth-order valence-electron chi connectivity index (χ4n) is 3.59. The lowest BCUT2D eigenvalue weighted by atomic mass is 10.1. The predicted octanol–water partition coefficient (Wildman–Crippen LogP) is 5.95. The van der Waals surface area contributed by atoms with Gasteiger partial charge in [-0.2, -0.15) is 9.61 Å². The van der Waals surface area contributed by atoms with E-state index in [1.54, 1.807) is 22.8 Å². The second-order valence-corrected chi connectivity index (χ2v) is 8.83. The average molecular weight is 537 g/mol. The highest BCUT2D eigenvalue weighted by Gasteiger charge is 2.13. The number of carbonyl (C=O) groups excluding carboxylic acids is 1. The van der Waals surface area contributed by atoms with Crippen LogP contribution in [0.3, 0.4) is 0 Å². The summed E-state index contributed by atoms with van der Waals surface area (Å²) < 4.78 is 7.67. The van der Waals surface area contributed by atoms with Crippen LogP contribution in [0.4, 0.5) is 5.82 Å². The van der Waals surface area contributed by atoms with Gasteiger partial charge < -0.3 is 15.1 Å². The van der Waals surface area contributed by atoms with Crippen molar-refractivity contribution in [2.24, 2.45) is 0 Å². The Labute approximate surface area is 208 Å². The van der Waals surface area contributed by atoms with E-state index in [4.69, 9.17) is 21.0 Å². The Morgan fingerprint density at radius 3 is 2.65 bits per heavy atom. The first-order valence-electron chi connectivity index (χ1n) is 10.5. The summed E-state index contributed by atoms with van der Waals surface area (Å²) in [7, 11) is 0. The van der Waals surface area contributed by atoms with Gasteiger partial charge in [0.1, 0.15) is 5.82 Å². The van der Waals surface area contributed by atoms with Gasteiger partial charge in [0, 0.05) is 29.7 Å². The molecule has 7 nitrogen and oxygen atoms in total. The summed E-state index contributed by atoms with van der Waals surface area (Å²) in [5, 5.41) is 11.4. The third-order valence-electron chi connectivity index (χ3n) is 5.24. The number of hydrogen-bond donors (Lipinski definition) is 2. The molecule has 3 heterocycles. The molecule has 0 saturated carbocycles. The SMILES string of the molecule is O=C(NCc1cccc(CNc2cc(-c3ccccc3Cl)nc3c(Br)cnn23)c1)c1ccco1. The van der Waals surface area contributed by atoms with Crippen molar-refractivity contribution >= 4 is 44.9 Å². The molecule has 0 bridgehead atoms. The summed E-state index contributed by atoms with van der Waals surface area (Å²) in [6.07, 6.45) is 3.19. The average Bonchev–Trinajstić information content (AvgIpc) is 3.52. The van der Waals surface area contributed by atoms with Gasteiger partial charge in [0.05, 0.1) is 22.6 Å². The zero-order valence-corrected chi connectivity index (χ0v) is 20.2. The highest BCUT2D eigenvalue weighted by atomic mass is 79.9. The summed E-state index contributed by atoms with van der Waals surface area (Å²) in [6, 6.07) is 20.9. The fraction of sp³-hybridized carbons (Fsp3) is 0.0800. The number of hydrogen-bond acceptors (Lipinski definition) is 5. The molecule has 1 amide bonds. The molecule has 2 aromatic carbocycles. The number of anilines is 1. The molecule has 0 saturated heterocycles. The number of aromatic nitrogens is 3. The van der Waals surface area contributed by atoms with E-state index in [0.29, 0.717) is 29.5 Å². The zero-order chi connectivity index (χ0) is 23.5. The lowest BCUT2D eigenvalue weighted by Gasteiger charge is -2.12. The zero-order valence-electron chi connectivity index (χ0n) is 17.8. The monoisotopic (exact) mass is 535 g/mol. The van der Waals surface area contributed by atoms with Gasteiger partial charge in [0.15, 0.2) is 11.4 Å². The highest BCUT2D eigenvalue weighted by molar-refractivity contribution is 9.10. The molecule has 0 spiro atoms. The summed E-state index contributed by atoms with van der Waals surface area (Å²) in [5.74, 6) is 0.824. The van der Waals surface area contributed by atoms with Crippen LogP contribution in [-0.4, -0.2) is 20.5 Å². The Bertz CT molecular complexity index is 1470. The van der Waals surface area contributed by atoms with Crippen LogP contribution < -0.4 is 10.6 Å². The molecule has 170 valence electrons. The standard InChI is InChI=1S/C25H19BrClN5O2/c26-19-15-30-32-23(12-21(31-24(19)32)18-7-1-2-8-20(18)27)28-13-16-5-3-6-17(11-16)14-29-25(33)22-9-4-10-34-22/h1-12,15,28H,13-14H2,(H,29,33). The van der Waals surface area contributed by atoms with E-state index >= 15 is 0 Å². The van der Waals surface area contributed by atoms with Crippen molar-refractivity contribution in [3.8, 4) is 11.3 Å². The van der Waals surface area contributed by atoms with Crippen LogP contribution in [0.5, 0.6) is 0 Å². The van der Waals surface area contributed by atoms with Gasteiger partial charge in [-0.3, -0.25) is 4.79 Å². The van der Waals surface area contributed by atoms with Gasteiger partial charge in [0.25, 0.3) is 5.91 Å². The van der Waals surface area contributed by atoms with E-state index in [2.05, 4.69) is 31.7 Å². The van der Waals surface area contributed by atoms with E-state index in [-0.39, 0.29) is 5.91 Å². The highest BCUT2D eigenvalue weighted by Crippen LogP contribution is 2.30. The van der Waals surface area contributed by atoms with E-state index < -0.39 is 0 Å². The van der Waals surface area contributed by atoms with Crippen LogP contribution in [0.15, 0.2) is 88.1 Å². The minimum absolute atomic E-state index is 0.246. The fourth-order valence-corrected chi connectivity index (χ4v) is 4.17. The topological polar surface area (TPSA) is 84.5 Å². The normalized spacial score (nSPS) is 11.0. The van der Waals surface area contributed by atoms with Crippen molar-refractivity contribution in [2.45, 2.75) is 13.1 Å². The maximum Gasteiger partial charge on any atom is 0.287 e. The molecular weight excluding hydrogens is 518 g/mol.